The Labute approximate surface area is 110 Å². The maximum atomic E-state index is 11.6. The van der Waals surface area contributed by atoms with E-state index in [2.05, 4.69) is 10.3 Å². The van der Waals surface area contributed by atoms with E-state index >= 15 is 0 Å². The van der Waals surface area contributed by atoms with Gasteiger partial charge in [-0.1, -0.05) is 23.7 Å². The maximum absolute atomic E-state index is 11.6. The molecule has 0 atom stereocenters. The zero-order chi connectivity index (χ0) is 13.0. The van der Waals surface area contributed by atoms with Crippen LogP contribution in [-0.4, -0.2) is 17.4 Å². The fourth-order valence-corrected chi connectivity index (χ4v) is 1.76. The molecule has 5 heteroatoms. The van der Waals surface area contributed by atoms with Gasteiger partial charge in [-0.2, -0.15) is 0 Å². The van der Waals surface area contributed by atoms with Crippen molar-refractivity contribution in [2.45, 2.75) is 13.3 Å². The molecule has 0 aliphatic carbocycles. The Morgan fingerprint density at radius 1 is 1.50 bits per heavy atom. The molecule has 0 bridgehead atoms. The fourth-order valence-electron chi connectivity index (χ4n) is 1.55. The average molecular weight is 265 g/mol. The van der Waals surface area contributed by atoms with Crippen LogP contribution < -0.4 is 5.32 Å². The molecule has 4 nitrogen and oxygen atoms in total. The lowest BCUT2D eigenvalue weighted by molar-refractivity contribution is 0.0918. The van der Waals surface area contributed by atoms with Gasteiger partial charge in [-0.25, -0.2) is 4.98 Å². The summed E-state index contributed by atoms with van der Waals surface area (Å²) in [7, 11) is 0. The number of carbonyl (C=O) groups is 1. The summed E-state index contributed by atoms with van der Waals surface area (Å²) in [6.45, 7) is 2.26. The monoisotopic (exact) mass is 264 g/mol. The van der Waals surface area contributed by atoms with E-state index in [-0.39, 0.29) is 11.8 Å². The summed E-state index contributed by atoms with van der Waals surface area (Å²) >= 11 is 5.87. The van der Waals surface area contributed by atoms with Crippen molar-refractivity contribution in [2.24, 2.45) is 0 Å². The second-order valence-electron chi connectivity index (χ2n) is 3.91. The first-order chi connectivity index (χ1) is 8.65. The molecule has 1 amide bonds. The minimum absolute atomic E-state index is 0.0959. The van der Waals surface area contributed by atoms with E-state index in [0.717, 1.165) is 5.56 Å². The molecule has 2 rings (SSSR count). The number of amides is 1. The molecular weight excluding hydrogens is 252 g/mol. The lowest BCUT2D eigenvalue weighted by Crippen LogP contribution is -2.25. The fraction of sp³-hybridized carbons (Fsp3) is 0.231. The highest BCUT2D eigenvalue weighted by Crippen LogP contribution is 2.10. The zero-order valence-corrected chi connectivity index (χ0v) is 10.7. The minimum Gasteiger partial charge on any atom is -0.438 e. The minimum atomic E-state index is -0.301. The van der Waals surface area contributed by atoms with Crippen LogP contribution >= 0.6 is 11.6 Å². The Hall–Kier alpha value is -1.81. The van der Waals surface area contributed by atoms with E-state index in [9.17, 15) is 4.79 Å². The molecule has 0 unspecified atom stereocenters. The first kappa shape index (κ1) is 12.6. The van der Waals surface area contributed by atoms with Gasteiger partial charge < -0.3 is 9.73 Å². The number of rotatable bonds is 4. The highest BCUT2D eigenvalue weighted by atomic mass is 35.5. The summed E-state index contributed by atoms with van der Waals surface area (Å²) in [5, 5.41) is 3.44. The van der Waals surface area contributed by atoms with Crippen molar-refractivity contribution < 1.29 is 9.21 Å². The number of carbonyl (C=O) groups excluding carboxylic acids is 1. The van der Waals surface area contributed by atoms with Crippen LogP contribution in [0.5, 0.6) is 0 Å². The smallest absolute Gasteiger partial charge is 0.307 e. The Bertz CT molecular complexity index is 551. The van der Waals surface area contributed by atoms with Gasteiger partial charge in [0.25, 0.3) is 5.89 Å². The summed E-state index contributed by atoms with van der Waals surface area (Å²) < 4.78 is 5.12. The number of aryl methyl sites for hydroxylation is 1. The number of oxazole rings is 1. The van der Waals surface area contributed by atoms with Crippen molar-refractivity contribution in [3.8, 4) is 0 Å². The van der Waals surface area contributed by atoms with Crippen LogP contribution in [0.1, 0.15) is 22.0 Å². The number of hydrogen-bond acceptors (Lipinski definition) is 3. The van der Waals surface area contributed by atoms with E-state index in [4.69, 9.17) is 16.0 Å². The molecule has 0 aliphatic rings. The van der Waals surface area contributed by atoms with Crippen LogP contribution in [0.25, 0.3) is 0 Å². The van der Waals surface area contributed by atoms with Gasteiger partial charge in [0.05, 0.1) is 6.20 Å². The number of hydrogen-bond donors (Lipinski definition) is 1. The van der Waals surface area contributed by atoms with E-state index in [0.29, 0.717) is 23.7 Å². The van der Waals surface area contributed by atoms with Crippen LogP contribution in [0.3, 0.4) is 0 Å². The van der Waals surface area contributed by atoms with E-state index in [1.807, 2.05) is 24.3 Å². The quantitative estimate of drug-likeness (QED) is 0.924. The number of nitrogens with one attached hydrogen (secondary N) is 1. The third kappa shape index (κ3) is 3.34. The lowest BCUT2D eigenvalue weighted by Gasteiger charge is -2.03. The van der Waals surface area contributed by atoms with Crippen molar-refractivity contribution in [3.63, 3.8) is 0 Å². The first-order valence-corrected chi connectivity index (χ1v) is 5.98. The highest BCUT2D eigenvalue weighted by molar-refractivity contribution is 6.30. The predicted octanol–water partition coefficient (Wildman–Crippen LogP) is 2.61. The van der Waals surface area contributed by atoms with E-state index in [1.165, 1.54) is 6.20 Å². The maximum Gasteiger partial charge on any atom is 0.307 e. The second-order valence-corrected chi connectivity index (χ2v) is 4.35. The highest BCUT2D eigenvalue weighted by Gasteiger charge is 2.10. The number of benzene rings is 1. The van der Waals surface area contributed by atoms with Crippen LogP contribution in [0.15, 0.2) is 34.9 Å². The molecule has 0 radical (unpaired) electrons. The van der Waals surface area contributed by atoms with Crippen molar-refractivity contribution in [1.82, 2.24) is 10.3 Å². The molecule has 0 saturated heterocycles. The summed E-state index contributed by atoms with van der Waals surface area (Å²) in [6.07, 6.45) is 2.23. The average Bonchev–Trinajstić information content (AvgIpc) is 2.76. The molecule has 0 saturated carbocycles. The van der Waals surface area contributed by atoms with Gasteiger partial charge in [-0.05, 0) is 31.0 Å². The SMILES string of the molecule is Cc1cnc(C(=O)NCCc2cccc(Cl)c2)o1. The number of aromatic nitrogens is 1. The van der Waals surface area contributed by atoms with E-state index in [1.54, 1.807) is 6.92 Å². The van der Waals surface area contributed by atoms with Crippen molar-refractivity contribution in [1.29, 1.82) is 0 Å². The molecule has 94 valence electrons. The van der Waals surface area contributed by atoms with Gasteiger partial charge >= 0.3 is 5.91 Å². The Kier molecular flexibility index (Phi) is 3.99. The molecule has 1 aromatic carbocycles. The van der Waals surface area contributed by atoms with Gasteiger partial charge in [0.15, 0.2) is 0 Å². The molecule has 0 spiro atoms. The van der Waals surface area contributed by atoms with Crippen LogP contribution in [0.4, 0.5) is 0 Å². The van der Waals surface area contributed by atoms with Gasteiger partial charge in [-0.3, -0.25) is 4.79 Å². The summed E-state index contributed by atoms with van der Waals surface area (Å²) in [6, 6.07) is 7.55. The molecule has 0 fully saturated rings. The van der Waals surface area contributed by atoms with Crippen molar-refractivity contribution in [3.05, 3.63) is 52.7 Å². The van der Waals surface area contributed by atoms with E-state index < -0.39 is 0 Å². The van der Waals surface area contributed by atoms with Crippen LogP contribution in [0.2, 0.25) is 5.02 Å². The third-order valence-electron chi connectivity index (χ3n) is 2.40. The number of nitrogens with zero attached hydrogens (tertiary/aromatic N) is 1. The van der Waals surface area contributed by atoms with Crippen LogP contribution in [-0.2, 0) is 6.42 Å². The third-order valence-corrected chi connectivity index (χ3v) is 2.64. The molecule has 18 heavy (non-hydrogen) atoms. The topological polar surface area (TPSA) is 55.1 Å². The van der Waals surface area contributed by atoms with Gasteiger partial charge in [0, 0.05) is 11.6 Å². The standard InChI is InChI=1S/C13H13ClN2O2/c1-9-8-16-13(18-9)12(17)15-6-5-10-3-2-4-11(14)7-10/h2-4,7-8H,5-6H2,1H3,(H,15,17). The van der Waals surface area contributed by atoms with Crippen molar-refractivity contribution >= 4 is 17.5 Å². The first-order valence-electron chi connectivity index (χ1n) is 5.60. The Morgan fingerprint density at radius 2 is 2.33 bits per heavy atom. The lowest BCUT2D eigenvalue weighted by atomic mass is 10.1. The Balaban J connectivity index is 1.84. The van der Waals surface area contributed by atoms with Crippen LogP contribution in [0, 0.1) is 6.92 Å². The molecule has 1 heterocycles. The number of halogens is 1. The van der Waals surface area contributed by atoms with Gasteiger partial charge in [0.2, 0.25) is 0 Å². The van der Waals surface area contributed by atoms with Gasteiger partial charge in [0.1, 0.15) is 5.76 Å². The predicted molar refractivity (Wildman–Crippen MR) is 68.7 cm³/mol. The van der Waals surface area contributed by atoms with Crippen molar-refractivity contribution in [2.75, 3.05) is 6.54 Å². The molecular formula is C13H13ClN2O2. The summed E-state index contributed by atoms with van der Waals surface area (Å²) in [4.78, 5) is 15.5. The second kappa shape index (κ2) is 5.69. The molecule has 1 N–H and O–H groups in total. The molecule has 0 aliphatic heterocycles. The normalized spacial score (nSPS) is 10.3. The summed E-state index contributed by atoms with van der Waals surface area (Å²) in [5.41, 5.74) is 1.08. The zero-order valence-electron chi connectivity index (χ0n) is 9.94. The largest absolute Gasteiger partial charge is 0.438 e. The molecule has 2 aromatic rings. The summed E-state index contributed by atoms with van der Waals surface area (Å²) in [5.74, 6) is 0.415. The Morgan fingerprint density at radius 3 is 3.00 bits per heavy atom. The molecule has 1 aromatic heterocycles. The van der Waals surface area contributed by atoms with Gasteiger partial charge in [-0.15, -0.1) is 0 Å².